The van der Waals surface area contributed by atoms with Gasteiger partial charge in [-0.15, -0.1) is 0 Å². The predicted molar refractivity (Wildman–Crippen MR) is 128 cm³/mol. The molecule has 1 N–H and O–H groups in total. The Kier molecular flexibility index (Phi) is 7.76. The quantitative estimate of drug-likeness (QED) is 0.588. The van der Waals surface area contributed by atoms with Crippen LogP contribution in [0.1, 0.15) is 55.1 Å². The molecule has 0 aliphatic carbocycles. The Morgan fingerprint density at radius 1 is 1.06 bits per heavy atom. The van der Waals surface area contributed by atoms with E-state index in [2.05, 4.69) is 5.32 Å². The minimum Gasteiger partial charge on any atom is -0.352 e. The summed E-state index contributed by atoms with van der Waals surface area (Å²) in [7, 11) is -4.00. The first-order chi connectivity index (χ1) is 16.1. The molecule has 0 aromatic heterocycles. The van der Waals surface area contributed by atoms with Crippen LogP contribution in [0.3, 0.4) is 0 Å². The van der Waals surface area contributed by atoms with Gasteiger partial charge in [-0.1, -0.05) is 48.9 Å². The molecule has 1 heterocycles. The van der Waals surface area contributed by atoms with E-state index in [0.717, 1.165) is 15.4 Å². The Labute approximate surface area is 201 Å². The molecule has 34 heavy (non-hydrogen) atoms. The van der Waals surface area contributed by atoms with Gasteiger partial charge in [-0.25, -0.2) is 12.7 Å². The van der Waals surface area contributed by atoms with Gasteiger partial charge in [-0.05, 0) is 44.9 Å². The van der Waals surface area contributed by atoms with Crippen molar-refractivity contribution in [3.8, 4) is 0 Å². The summed E-state index contributed by atoms with van der Waals surface area (Å²) in [4.78, 5) is 40.4. The van der Waals surface area contributed by atoms with Gasteiger partial charge in [0.15, 0.2) is 0 Å². The maximum absolute atomic E-state index is 13.4. The molecule has 1 aliphatic rings. The van der Waals surface area contributed by atoms with Crippen molar-refractivity contribution in [2.45, 2.75) is 64.1 Å². The highest BCUT2D eigenvalue weighted by Gasteiger charge is 2.41. The first-order valence-corrected chi connectivity index (χ1v) is 12.8. The van der Waals surface area contributed by atoms with E-state index in [-0.39, 0.29) is 41.9 Å². The molecular formula is C25H31N3O5S. The Balaban J connectivity index is 1.82. The zero-order valence-electron chi connectivity index (χ0n) is 19.9. The highest BCUT2D eigenvalue weighted by molar-refractivity contribution is 7.90. The normalized spacial score (nSPS) is 15.2. The van der Waals surface area contributed by atoms with Crippen molar-refractivity contribution in [3.05, 3.63) is 65.2 Å². The van der Waals surface area contributed by atoms with Crippen molar-refractivity contribution >= 4 is 27.7 Å². The number of rotatable bonds is 9. The van der Waals surface area contributed by atoms with Crippen LogP contribution < -0.4 is 5.32 Å². The molecule has 8 nitrogen and oxygen atoms in total. The van der Waals surface area contributed by atoms with Crippen molar-refractivity contribution in [1.82, 2.24) is 14.5 Å². The molecule has 182 valence electrons. The van der Waals surface area contributed by atoms with E-state index < -0.39 is 27.9 Å². The van der Waals surface area contributed by atoms with Crippen LogP contribution >= 0.6 is 0 Å². The van der Waals surface area contributed by atoms with Crippen LogP contribution in [0.25, 0.3) is 0 Å². The van der Waals surface area contributed by atoms with Crippen LogP contribution in [0, 0.1) is 6.92 Å². The average Bonchev–Trinajstić information content (AvgIpc) is 2.98. The van der Waals surface area contributed by atoms with Gasteiger partial charge < -0.3 is 10.2 Å². The predicted octanol–water partition coefficient (Wildman–Crippen LogP) is 2.86. The van der Waals surface area contributed by atoms with Crippen LogP contribution in [-0.2, 0) is 26.2 Å². The number of benzene rings is 2. The van der Waals surface area contributed by atoms with Crippen LogP contribution in [0.15, 0.2) is 53.4 Å². The summed E-state index contributed by atoms with van der Waals surface area (Å²) in [6.45, 7) is 7.39. The Morgan fingerprint density at radius 3 is 2.29 bits per heavy atom. The Morgan fingerprint density at radius 2 is 1.71 bits per heavy atom. The fraction of sp³-hybridized carbons (Fsp3) is 0.400. The van der Waals surface area contributed by atoms with E-state index in [1.807, 2.05) is 52.0 Å². The number of carbonyl (C=O) groups excluding carboxylic acids is 3. The van der Waals surface area contributed by atoms with E-state index in [4.69, 9.17) is 0 Å². The zero-order valence-corrected chi connectivity index (χ0v) is 20.8. The smallest absolute Gasteiger partial charge is 0.269 e. The fourth-order valence-electron chi connectivity index (χ4n) is 3.98. The molecule has 1 aliphatic heterocycles. The highest BCUT2D eigenvalue weighted by Crippen LogP contribution is 2.30. The summed E-state index contributed by atoms with van der Waals surface area (Å²) < 4.78 is 26.4. The third-order valence-corrected chi connectivity index (χ3v) is 7.57. The Bertz CT molecular complexity index is 1180. The third kappa shape index (κ3) is 5.30. The van der Waals surface area contributed by atoms with E-state index in [9.17, 15) is 22.8 Å². The molecule has 0 saturated carbocycles. The molecule has 0 fully saturated rings. The number of hydrogen-bond acceptors (Lipinski definition) is 5. The molecule has 1 atom stereocenters. The van der Waals surface area contributed by atoms with Crippen LogP contribution in [0.4, 0.5) is 0 Å². The maximum Gasteiger partial charge on any atom is 0.269 e. The maximum atomic E-state index is 13.4. The summed E-state index contributed by atoms with van der Waals surface area (Å²) in [6, 6.07) is 12.8. The first kappa shape index (κ1) is 25.4. The number of amides is 3. The van der Waals surface area contributed by atoms with Crippen molar-refractivity contribution in [3.63, 3.8) is 0 Å². The molecule has 0 saturated heterocycles. The molecule has 0 spiro atoms. The largest absolute Gasteiger partial charge is 0.352 e. The Hall–Kier alpha value is -3.20. The molecule has 0 bridgehead atoms. The number of nitrogens with zero attached hydrogens (tertiary/aromatic N) is 2. The molecule has 9 heteroatoms. The number of aryl methyl sites for hydroxylation is 1. The number of sulfonamides is 1. The summed E-state index contributed by atoms with van der Waals surface area (Å²) in [5.41, 5.74) is 2.03. The lowest BCUT2D eigenvalue weighted by Crippen LogP contribution is -2.51. The van der Waals surface area contributed by atoms with Crippen molar-refractivity contribution in [2.24, 2.45) is 0 Å². The number of nitrogens with one attached hydrogen (secondary N) is 1. The molecule has 2 aromatic rings. The van der Waals surface area contributed by atoms with Crippen molar-refractivity contribution in [2.75, 3.05) is 6.54 Å². The number of hydrogen-bond donors (Lipinski definition) is 1. The van der Waals surface area contributed by atoms with E-state index in [1.54, 1.807) is 12.1 Å². The molecule has 1 unspecified atom stereocenters. The van der Waals surface area contributed by atoms with Crippen LogP contribution in [-0.4, -0.2) is 54.0 Å². The standard InChI is InChI=1S/C25H31N3O5S/c1-5-21(24(30)26-17(2)3)27(16-19-12-10-18(4)11-13-19)23(29)14-15-28-25(31)20-8-6-7-9-22(20)34(28,32)33/h6-13,17,21H,5,14-16H2,1-4H3,(H,26,30). The SMILES string of the molecule is CCC(C(=O)NC(C)C)N(Cc1ccc(C)cc1)C(=O)CCN1C(=O)c2ccccc2S1(=O)=O. The average molecular weight is 486 g/mol. The van der Waals surface area contributed by atoms with Gasteiger partial charge in [0.25, 0.3) is 15.9 Å². The summed E-state index contributed by atoms with van der Waals surface area (Å²) in [5.74, 6) is -1.31. The van der Waals surface area contributed by atoms with Gasteiger partial charge in [0.2, 0.25) is 11.8 Å². The number of fused-ring (bicyclic) bond motifs is 1. The fourth-order valence-corrected chi connectivity index (χ4v) is 5.55. The minimum absolute atomic E-state index is 0.0493. The van der Waals surface area contributed by atoms with Crippen LogP contribution in [0.5, 0.6) is 0 Å². The van der Waals surface area contributed by atoms with Crippen molar-refractivity contribution in [1.29, 1.82) is 0 Å². The minimum atomic E-state index is -4.00. The topological polar surface area (TPSA) is 104 Å². The van der Waals surface area contributed by atoms with E-state index in [1.165, 1.54) is 17.0 Å². The number of carbonyl (C=O) groups is 3. The van der Waals surface area contributed by atoms with Gasteiger partial charge in [0.05, 0.1) is 5.56 Å². The van der Waals surface area contributed by atoms with Gasteiger partial charge in [0, 0.05) is 25.6 Å². The highest BCUT2D eigenvalue weighted by atomic mass is 32.2. The van der Waals surface area contributed by atoms with Crippen LogP contribution in [0.2, 0.25) is 0 Å². The second-order valence-electron chi connectivity index (χ2n) is 8.72. The second-order valence-corrected chi connectivity index (χ2v) is 10.6. The summed E-state index contributed by atoms with van der Waals surface area (Å²) in [6.07, 6.45) is 0.165. The lowest BCUT2D eigenvalue weighted by molar-refractivity contribution is -0.141. The summed E-state index contributed by atoms with van der Waals surface area (Å²) in [5, 5.41) is 2.86. The molecule has 0 radical (unpaired) electrons. The first-order valence-electron chi connectivity index (χ1n) is 11.4. The molecular weight excluding hydrogens is 454 g/mol. The zero-order chi connectivity index (χ0) is 25.0. The van der Waals surface area contributed by atoms with Gasteiger partial charge in [-0.3, -0.25) is 14.4 Å². The van der Waals surface area contributed by atoms with Gasteiger partial charge in [0.1, 0.15) is 10.9 Å². The van der Waals surface area contributed by atoms with Gasteiger partial charge >= 0.3 is 0 Å². The molecule has 3 amide bonds. The lowest BCUT2D eigenvalue weighted by Gasteiger charge is -2.31. The van der Waals surface area contributed by atoms with Crippen molar-refractivity contribution < 1.29 is 22.8 Å². The van der Waals surface area contributed by atoms with E-state index >= 15 is 0 Å². The second kappa shape index (κ2) is 10.4. The molecule has 3 rings (SSSR count). The van der Waals surface area contributed by atoms with Gasteiger partial charge in [-0.2, -0.15) is 0 Å². The summed E-state index contributed by atoms with van der Waals surface area (Å²) >= 11 is 0. The third-order valence-electron chi connectivity index (χ3n) is 5.73. The lowest BCUT2D eigenvalue weighted by atomic mass is 10.1. The molecule has 2 aromatic carbocycles. The monoisotopic (exact) mass is 485 g/mol. The van der Waals surface area contributed by atoms with E-state index in [0.29, 0.717) is 6.42 Å².